The van der Waals surface area contributed by atoms with Crippen LogP contribution in [0.2, 0.25) is 0 Å². The second-order valence-corrected chi connectivity index (χ2v) is 3.31. The monoisotopic (exact) mass is 252 g/mol. The molecule has 9 heteroatoms. The van der Waals surface area contributed by atoms with E-state index in [2.05, 4.69) is 4.74 Å². The number of rotatable bonds is 1. The van der Waals surface area contributed by atoms with Crippen molar-refractivity contribution >= 4 is 5.97 Å². The Bertz CT molecular complexity index is 279. The largest absolute Gasteiger partial charge is 0.459 e. The van der Waals surface area contributed by atoms with Gasteiger partial charge in [-0.2, -0.15) is 26.3 Å². The highest BCUT2D eigenvalue weighted by Crippen LogP contribution is 2.57. The standard InChI is InChI=1S/C7H6F6O3/c8-6(9,10)5(7(11,12)13)1-3(2-14)16-4(5)15/h3,14H,1-2H2. The molecule has 0 aromatic heterocycles. The van der Waals surface area contributed by atoms with Gasteiger partial charge in [0.25, 0.3) is 5.41 Å². The smallest absolute Gasteiger partial charge is 0.413 e. The van der Waals surface area contributed by atoms with Crippen molar-refractivity contribution in [1.29, 1.82) is 0 Å². The van der Waals surface area contributed by atoms with Crippen molar-refractivity contribution in [2.45, 2.75) is 24.9 Å². The molecule has 0 bridgehead atoms. The van der Waals surface area contributed by atoms with Crippen LogP contribution in [-0.4, -0.2) is 36.1 Å². The lowest BCUT2D eigenvalue weighted by Crippen LogP contribution is -2.53. The third kappa shape index (κ3) is 1.62. The average molecular weight is 252 g/mol. The molecular formula is C7H6F6O3. The average Bonchev–Trinajstić information content (AvgIpc) is 2.41. The van der Waals surface area contributed by atoms with Crippen molar-refractivity contribution in [3.05, 3.63) is 0 Å². The lowest BCUT2D eigenvalue weighted by Gasteiger charge is -2.29. The fraction of sp³-hybridized carbons (Fsp3) is 0.857. The maximum atomic E-state index is 12.4. The number of halogens is 6. The van der Waals surface area contributed by atoms with Gasteiger partial charge in [0.1, 0.15) is 6.10 Å². The van der Waals surface area contributed by atoms with E-state index < -0.39 is 42.9 Å². The van der Waals surface area contributed by atoms with E-state index >= 15 is 0 Å². The minimum Gasteiger partial charge on any atom is -0.459 e. The van der Waals surface area contributed by atoms with Crippen LogP contribution >= 0.6 is 0 Å². The molecule has 0 aromatic carbocycles. The van der Waals surface area contributed by atoms with Gasteiger partial charge < -0.3 is 9.84 Å². The highest BCUT2D eigenvalue weighted by atomic mass is 19.4. The van der Waals surface area contributed by atoms with Crippen LogP contribution in [0, 0.1) is 5.41 Å². The van der Waals surface area contributed by atoms with E-state index in [9.17, 15) is 31.1 Å². The first-order valence-corrected chi connectivity index (χ1v) is 4.01. The highest BCUT2D eigenvalue weighted by molar-refractivity contribution is 5.81. The van der Waals surface area contributed by atoms with Crippen molar-refractivity contribution in [2.24, 2.45) is 5.41 Å². The molecule has 1 aliphatic rings. The highest BCUT2D eigenvalue weighted by Gasteiger charge is 2.79. The maximum absolute atomic E-state index is 12.4. The fourth-order valence-electron chi connectivity index (χ4n) is 1.44. The van der Waals surface area contributed by atoms with Gasteiger partial charge in [-0.25, -0.2) is 0 Å². The molecule has 1 N–H and O–H groups in total. The summed E-state index contributed by atoms with van der Waals surface area (Å²) >= 11 is 0. The molecule has 1 aliphatic heterocycles. The Hall–Kier alpha value is -0.990. The number of carbonyl (C=O) groups is 1. The number of cyclic esters (lactones) is 1. The van der Waals surface area contributed by atoms with Crippen LogP contribution in [0.5, 0.6) is 0 Å². The first-order chi connectivity index (χ1) is 7.06. The van der Waals surface area contributed by atoms with Gasteiger partial charge in [0.2, 0.25) is 0 Å². The van der Waals surface area contributed by atoms with Crippen molar-refractivity contribution in [3.63, 3.8) is 0 Å². The van der Waals surface area contributed by atoms with Crippen LogP contribution in [0.25, 0.3) is 0 Å². The fourth-order valence-corrected chi connectivity index (χ4v) is 1.44. The van der Waals surface area contributed by atoms with Gasteiger partial charge in [0.05, 0.1) is 6.61 Å². The molecule has 1 rings (SSSR count). The van der Waals surface area contributed by atoms with Gasteiger partial charge in [0, 0.05) is 6.42 Å². The van der Waals surface area contributed by atoms with Crippen LogP contribution < -0.4 is 0 Å². The summed E-state index contributed by atoms with van der Waals surface area (Å²) in [6, 6.07) is 0. The normalized spacial score (nSPS) is 25.7. The number of alkyl halides is 6. The second-order valence-electron chi connectivity index (χ2n) is 3.31. The Morgan fingerprint density at radius 1 is 1.25 bits per heavy atom. The van der Waals surface area contributed by atoms with Gasteiger partial charge in [-0.3, -0.25) is 4.79 Å². The second kappa shape index (κ2) is 3.51. The maximum Gasteiger partial charge on any atom is 0.413 e. The molecule has 1 saturated heterocycles. The molecular weight excluding hydrogens is 246 g/mol. The van der Waals surface area contributed by atoms with Crippen LogP contribution in [-0.2, 0) is 9.53 Å². The Labute approximate surface area is 85.0 Å². The van der Waals surface area contributed by atoms with E-state index in [0.717, 1.165) is 0 Å². The van der Waals surface area contributed by atoms with Gasteiger partial charge in [0.15, 0.2) is 0 Å². The topological polar surface area (TPSA) is 46.5 Å². The van der Waals surface area contributed by atoms with E-state index in [-0.39, 0.29) is 0 Å². The van der Waals surface area contributed by atoms with Gasteiger partial charge in [-0.15, -0.1) is 0 Å². The molecule has 0 radical (unpaired) electrons. The van der Waals surface area contributed by atoms with Gasteiger partial charge in [-0.1, -0.05) is 0 Å². The number of aliphatic hydroxyl groups is 1. The Balaban J connectivity index is 3.23. The summed E-state index contributed by atoms with van der Waals surface area (Å²) in [7, 11) is 0. The summed E-state index contributed by atoms with van der Waals surface area (Å²) in [5, 5.41) is 8.44. The first kappa shape index (κ1) is 13.1. The summed E-state index contributed by atoms with van der Waals surface area (Å²) < 4.78 is 78.1. The Morgan fingerprint density at radius 2 is 1.69 bits per heavy atom. The number of ether oxygens (including phenoxy) is 1. The Kier molecular flexibility index (Phi) is 2.86. The zero-order chi connectivity index (χ0) is 12.8. The number of carbonyl (C=O) groups excluding carboxylic acids is 1. The quantitative estimate of drug-likeness (QED) is 0.567. The molecule has 0 amide bonds. The number of hydrogen-bond acceptors (Lipinski definition) is 3. The molecule has 1 unspecified atom stereocenters. The number of hydrogen-bond donors (Lipinski definition) is 1. The first-order valence-electron chi connectivity index (χ1n) is 4.01. The van der Waals surface area contributed by atoms with Crippen molar-refractivity contribution in [2.75, 3.05) is 6.61 Å². The van der Waals surface area contributed by atoms with E-state index in [1.54, 1.807) is 0 Å². The summed E-state index contributed by atoms with van der Waals surface area (Å²) in [4.78, 5) is 10.8. The number of esters is 1. The van der Waals surface area contributed by atoms with Crippen LogP contribution in [0.1, 0.15) is 6.42 Å². The molecule has 3 nitrogen and oxygen atoms in total. The van der Waals surface area contributed by atoms with Crippen LogP contribution in [0.4, 0.5) is 26.3 Å². The molecule has 1 fully saturated rings. The van der Waals surface area contributed by atoms with Gasteiger partial charge >= 0.3 is 18.3 Å². The minimum absolute atomic E-state index is 1.08. The van der Waals surface area contributed by atoms with E-state index in [1.807, 2.05) is 0 Å². The molecule has 1 heterocycles. The zero-order valence-corrected chi connectivity index (χ0v) is 7.52. The molecule has 1 atom stereocenters. The van der Waals surface area contributed by atoms with Crippen molar-refractivity contribution in [1.82, 2.24) is 0 Å². The van der Waals surface area contributed by atoms with E-state index in [0.29, 0.717) is 0 Å². The minimum atomic E-state index is -5.80. The van der Waals surface area contributed by atoms with Gasteiger partial charge in [-0.05, 0) is 0 Å². The predicted molar refractivity (Wildman–Crippen MR) is 36.1 cm³/mol. The lowest BCUT2D eigenvalue weighted by molar-refractivity contribution is -0.323. The van der Waals surface area contributed by atoms with Crippen molar-refractivity contribution < 1.29 is 41.0 Å². The third-order valence-electron chi connectivity index (χ3n) is 2.33. The third-order valence-corrected chi connectivity index (χ3v) is 2.33. The van der Waals surface area contributed by atoms with Crippen molar-refractivity contribution in [3.8, 4) is 0 Å². The molecule has 0 aromatic rings. The van der Waals surface area contributed by atoms with E-state index in [1.165, 1.54) is 0 Å². The number of aliphatic hydroxyl groups excluding tert-OH is 1. The predicted octanol–water partition coefficient (Wildman–Crippen LogP) is 1.41. The zero-order valence-electron chi connectivity index (χ0n) is 7.52. The van der Waals surface area contributed by atoms with Crippen LogP contribution in [0.15, 0.2) is 0 Å². The molecule has 94 valence electrons. The summed E-state index contributed by atoms with van der Waals surface area (Å²) in [5.41, 5.74) is -4.52. The molecule has 16 heavy (non-hydrogen) atoms. The summed E-state index contributed by atoms with van der Waals surface area (Å²) in [5.74, 6) is -2.41. The SMILES string of the molecule is O=C1OC(CO)CC1(C(F)(F)F)C(F)(F)F. The van der Waals surface area contributed by atoms with E-state index in [4.69, 9.17) is 5.11 Å². The molecule has 0 saturated carbocycles. The Morgan fingerprint density at radius 3 is 1.88 bits per heavy atom. The van der Waals surface area contributed by atoms with Crippen LogP contribution in [0.3, 0.4) is 0 Å². The summed E-state index contributed by atoms with van der Waals surface area (Å²) in [6.45, 7) is -1.08. The molecule has 0 aliphatic carbocycles. The lowest BCUT2D eigenvalue weighted by atomic mass is 9.83. The molecule has 0 spiro atoms. The summed E-state index contributed by atoms with van der Waals surface area (Å²) in [6.07, 6.45) is -15.0.